The first kappa shape index (κ1) is 16.2. The molecule has 1 saturated carbocycles. The second-order valence-electron chi connectivity index (χ2n) is 6.23. The third-order valence-electron chi connectivity index (χ3n) is 4.45. The predicted octanol–water partition coefficient (Wildman–Crippen LogP) is 1.26. The first-order valence-electron chi connectivity index (χ1n) is 7.90. The van der Waals surface area contributed by atoms with Crippen LogP contribution < -0.4 is 9.62 Å². The molecule has 1 N–H and O–H groups in total. The van der Waals surface area contributed by atoms with Gasteiger partial charge in [0.25, 0.3) is 0 Å². The van der Waals surface area contributed by atoms with Gasteiger partial charge in [-0.1, -0.05) is 6.92 Å². The lowest BCUT2D eigenvalue weighted by Gasteiger charge is -2.41. The van der Waals surface area contributed by atoms with Crippen LogP contribution in [0.3, 0.4) is 0 Å². The zero-order valence-corrected chi connectivity index (χ0v) is 14.5. The van der Waals surface area contributed by atoms with E-state index in [1.54, 1.807) is 6.33 Å². The molecule has 2 aromatic rings. The minimum Gasteiger partial charge on any atom is -0.356 e. The molecule has 1 aliphatic rings. The van der Waals surface area contributed by atoms with Crippen LogP contribution in [-0.2, 0) is 17.1 Å². The summed E-state index contributed by atoms with van der Waals surface area (Å²) in [4.78, 5) is 10.9. The average molecular weight is 337 g/mol. The van der Waals surface area contributed by atoms with Crippen LogP contribution in [0.15, 0.2) is 18.6 Å². The van der Waals surface area contributed by atoms with Gasteiger partial charge in [0.15, 0.2) is 0 Å². The molecule has 0 aliphatic heterocycles. The normalized spacial score (nSPS) is 21.3. The number of anilines is 1. The molecule has 8 heteroatoms. The van der Waals surface area contributed by atoms with Gasteiger partial charge < -0.3 is 9.47 Å². The molecule has 0 amide bonds. The van der Waals surface area contributed by atoms with Gasteiger partial charge in [-0.05, 0) is 25.3 Å². The summed E-state index contributed by atoms with van der Waals surface area (Å²) in [6.45, 7) is 1.87. The van der Waals surface area contributed by atoms with Gasteiger partial charge in [0.2, 0.25) is 10.0 Å². The number of sulfonamides is 1. The summed E-state index contributed by atoms with van der Waals surface area (Å²) in [7, 11) is 0.835. The number of rotatable bonds is 6. The Bertz CT molecular complexity index is 795. The second-order valence-corrected chi connectivity index (χ2v) is 8.10. The second kappa shape index (κ2) is 6.09. The minimum absolute atomic E-state index is 0.0344. The van der Waals surface area contributed by atoms with Crippen LogP contribution in [0.5, 0.6) is 0 Å². The van der Waals surface area contributed by atoms with Gasteiger partial charge in [-0.2, -0.15) is 0 Å². The van der Waals surface area contributed by atoms with E-state index in [-0.39, 0.29) is 11.8 Å². The number of hydrogen-bond donors (Lipinski definition) is 1. The number of hydrogen-bond acceptors (Lipinski definition) is 5. The number of aryl methyl sites for hydroxylation is 1. The van der Waals surface area contributed by atoms with E-state index >= 15 is 0 Å². The van der Waals surface area contributed by atoms with Crippen molar-refractivity contribution in [3.05, 3.63) is 18.6 Å². The maximum atomic E-state index is 11.8. The molecular formula is C15H23N5O2S. The van der Waals surface area contributed by atoms with Crippen LogP contribution in [-0.4, -0.2) is 47.8 Å². The Morgan fingerprint density at radius 1 is 1.39 bits per heavy atom. The van der Waals surface area contributed by atoms with Gasteiger partial charge in [-0.15, -0.1) is 0 Å². The molecule has 126 valence electrons. The van der Waals surface area contributed by atoms with Crippen molar-refractivity contribution in [1.82, 2.24) is 19.3 Å². The van der Waals surface area contributed by atoms with Gasteiger partial charge in [0.1, 0.15) is 17.8 Å². The van der Waals surface area contributed by atoms with E-state index in [1.165, 1.54) is 0 Å². The number of aromatic nitrogens is 3. The molecule has 0 aromatic carbocycles. The first-order valence-corrected chi connectivity index (χ1v) is 9.55. The van der Waals surface area contributed by atoms with E-state index in [0.717, 1.165) is 29.7 Å². The van der Waals surface area contributed by atoms with Crippen LogP contribution in [0, 0.1) is 0 Å². The average Bonchev–Trinajstić information content (AvgIpc) is 2.83. The Balaban J connectivity index is 1.68. The van der Waals surface area contributed by atoms with Crippen LogP contribution in [0.1, 0.15) is 26.2 Å². The SMILES string of the molecule is CCCS(=O)(=O)N[C@H]1C[C@@H](N(C)c2ncnc3c2ccn3C)C1. The summed E-state index contributed by atoms with van der Waals surface area (Å²) in [6, 6.07) is 2.34. The topological polar surface area (TPSA) is 80.1 Å². The fraction of sp³-hybridized carbons (Fsp3) is 0.600. The van der Waals surface area contributed by atoms with Gasteiger partial charge >= 0.3 is 0 Å². The molecule has 0 saturated heterocycles. The largest absolute Gasteiger partial charge is 0.356 e. The quantitative estimate of drug-likeness (QED) is 0.858. The molecule has 2 aromatic heterocycles. The Morgan fingerprint density at radius 3 is 2.83 bits per heavy atom. The number of fused-ring (bicyclic) bond motifs is 1. The van der Waals surface area contributed by atoms with Crippen LogP contribution in [0.25, 0.3) is 11.0 Å². The number of nitrogens with zero attached hydrogens (tertiary/aromatic N) is 4. The van der Waals surface area contributed by atoms with E-state index in [0.29, 0.717) is 12.5 Å². The Hall–Kier alpha value is -1.67. The molecule has 0 radical (unpaired) electrons. The first-order chi connectivity index (χ1) is 10.9. The highest BCUT2D eigenvalue weighted by Gasteiger charge is 2.35. The summed E-state index contributed by atoms with van der Waals surface area (Å²) in [5.41, 5.74) is 0.904. The van der Waals surface area contributed by atoms with Crippen LogP contribution in [0.2, 0.25) is 0 Å². The van der Waals surface area contributed by atoms with Crippen molar-refractivity contribution < 1.29 is 8.42 Å². The highest BCUT2D eigenvalue weighted by Crippen LogP contribution is 2.31. The molecule has 2 heterocycles. The molecule has 7 nitrogen and oxygen atoms in total. The zero-order valence-electron chi connectivity index (χ0n) is 13.7. The minimum atomic E-state index is -3.13. The van der Waals surface area contributed by atoms with E-state index in [4.69, 9.17) is 0 Å². The highest BCUT2D eigenvalue weighted by atomic mass is 32.2. The summed E-state index contributed by atoms with van der Waals surface area (Å²) < 4.78 is 28.4. The van der Waals surface area contributed by atoms with Crippen molar-refractivity contribution in [1.29, 1.82) is 0 Å². The number of nitrogens with one attached hydrogen (secondary N) is 1. The molecule has 0 unspecified atom stereocenters. The lowest BCUT2D eigenvalue weighted by atomic mass is 9.86. The van der Waals surface area contributed by atoms with Gasteiger partial charge in [0.05, 0.1) is 11.1 Å². The smallest absolute Gasteiger partial charge is 0.211 e. The Kier molecular flexibility index (Phi) is 4.29. The highest BCUT2D eigenvalue weighted by molar-refractivity contribution is 7.89. The lowest BCUT2D eigenvalue weighted by molar-refractivity contribution is 0.316. The molecule has 0 atom stereocenters. The van der Waals surface area contributed by atoms with Crippen LogP contribution in [0.4, 0.5) is 5.82 Å². The Morgan fingerprint density at radius 2 is 2.13 bits per heavy atom. The lowest BCUT2D eigenvalue weighted by Crippen LogP contribution is -2.53. The summed E-state index contributed by atoms with van der Waals surface area (Å²) in [5, 5.41) is 1.02. The summed E-state index contributed by atoms with van der Waals surface area (Å²) >= 11 is 0. The summed E-state index contributed by atoms with van der Waals surface area (Å²) in [5.74, 6) is 1.09. The monoisotopic (exact) mass is 337 g/mol. The molecule has 1 aliphatic carbocycles. The zero-order chi connectivity index (χ0) is 16.6. The van der Waals surface area contributed by atoms with Crippen molar-refractivity contribution >= 4 is 26.9 Å². The van der Waals surface area contributed by atoms with Crippen molar-refractivity contribution in [3.8, 4) is 0 Å². The van der Waals surface area contributed by atoms with Gasteiger partial charge in [0, 0.05) is 32.4 Å². The third-order valence-corrected chi connectivity index (χ3v) is 6.09. The molecule has 3 rings (SSSR count). The maximum absolute atomic E-state index is 11.8. The molecule has 0 spiro atoms. The standard InChI is InChI=1S/C15H23N5O2S/c1-4-7-23(21,22)18-11-8-12(9-11)20(3)15-13-5-6-19(2)14(13)16-10-17-15/h5-6,10-12,18H,4,7-9H2,1-3H3/t11-,12+. The summed E-state index contributed by atoms with van der Waals surface area (Å²) in [6.07, 6.45) is 5.79. The van der Waals surface area contributed by atoms with Crippen molar-refractivity contribution in [3.63, 3.8) is 0 Å². The Labute approximate surface area is 136 Å². The van der Waals surface area contributed by atoms with E-state index < -0.39 is 10.0 Å². The maximum Gasteiger partial charge on any atom is 0.211 e. The van der Waals surface area contributed by atoms with Gasteiger partial charge in [-0.3, -0.25) is 0 Å². The van der Waals surface area contributed by atoms with E-state index in [9.17, 15) is 8.42 Å². The van der Waals surface area contributed by atoms with Crippen molar-refractivity contribution in [2.75, 3.05) is 17.7 Å². The van der Waals surface area contributed by atoms with Crippen molar-refractivity contribution in [2.24, 2.45) is 7.05 Å². The molecular weight excluding hydrogens is 314 g/mol. The van der Waals surface area contributed by atoms with E-state index in [2.05, 4.69) is 19.6 Å². The van der Waals surface area contributed by atoms with Crippen molar-refractivity contribution in [2.45, 2.75) is 38.3 Å². The molecule has 0 bridgehead atoms. The predicted molar refractivity (Wildman–Crippen MR) is 90.9 cm³/mol. The third kappa shape index (κ3) is 3.18. The van der Waals surface area contributed by atoms with Crippen LogP contribution >= 0.6 is 0 Å². The van der Waals surface area contributed by atoms with E-state index in [1.807, 2.05) is 37.8 Å². The fourth-order valence-electron chi connectivity index (χ4n) is 3.10. The molecule has 23 heavy (non-hydrogen) atoms. The van der Waals surface area contributed by atoms with Gasteiger partial charge in [-0.25, -0.2) is 23.1 Å². The fourth-order valence-corrected chi connectivity index (χ4v) is 4.46. The molecule has 1 fully saturated rings.